The Hall–Kier alpha value is 0.0700. The van der Waals surface area contributed by atoms with Crippen molar-refractivity contribution in [3.63, 3.8) is 0 Å². The first-order valence-electron chi connectivity index (χ1n) is 3.41. The Bertz CT molecular complexity index is 280. The molecule has 0 aliphatic carbocycles. The van der Waals surface area contributed by atoms with E-state index in [2.05, 4.69) is 12.0 Å². The molecule has 12 heavy (non-hydrogen) atoms. The summed E-state index contributed by atoms with van der Waals surface area (Å²) in [5.74, 6) is 0. The molecule has 1 nitrogen and oxygen atoms in total. The summed E-state index contributed by atoms with van der Waals surface area (Å²) < 4.78 is 11.6. The fraction of sp³-hybridized carbons (Fsp3) is 0.250. The van der Waals surface area contributed by atoms with Crippen LogP contribution in [0.4, 0.5) is 0 Å². The van der Waals surface area contributed by atoms with Crippen molar-refractivity contribution < 1.29 is 4.21 Å². The molecule has 0 radical (unpaired) electrons. The van der Waals surface area contributed by atoms with Crippen molar-refractivity contribution in [2.75, 3.05) is 12.5 Å². The Morgan fingerprint density at radius 1 is 1.75 bits per heavy atom. The zero-order valence-electron chi connectivity index (χ0n) is 7.15. The van der Waals surface area contributed by atoms with Crippen LogP contribution in [0.5, 0.6) is 0 Å². The van der Waals surface area contributed by atoms with Gasteiger partial charge < -0.3 is 0 Å². The highest BCUT2D eigenvalue weighted by atomic mass is 33.6. The van der Waals surface area contributed by atoms with Gasteiger partial charge in [-0.15, -0.1) is 0 Å². The summed E-state index contributed by atoms with van der Waals surface area (Å²) in [7, 11) is -0.387. The Kier molecular flexibility index (Phi) is 3.26. The van der Waals surface area contributed by atoms with Gasteiger partial charge in [0.25, 0.3) is 0 Å². The van der Waals surface area contributed by atoms with Gasteiger partial charge in [-0.3, -0.25) is 0 Å². The second-order valence-electron chi connectivity index (χ2n) is 2.21. The SMILES string of the molecule is C=CC1=CC=CS1(SC)S(C)=O. The molecule has 0 N–H and O–H groups in total. The summed E-state index contributed by atoms with van der Waals surface area (Å²) >= 11 is 0. The Morgan fingerprint density at radius 2 is 2.42 bits per heavy atom. The van der Waals surface area contributed by atoms with Crippen LogP contribution in [0.15, 0.2) is 35.1 Å². The van der Waals surface area contributed by atoms with Crippen LogP contribution in [0.2, 0.25) is 0 Å². The summed E-state index contributed by atoms with van der Waals surface area (Å²) in [5.41, 5.74) is 0. The Morgan fingerprint density at radius 3 is 2.75 bits per heavy atom. The second-order valence-corrected chi connectivity index (χ2v) is 11.4. The van der Waals surface area contributed by atoms with E-state index in [1.807, 2.05) is 24.5 Å². The predicted octanol–water partition coefficient (Wildman–Crippen LogP) is 2.96. The molecule has 0 aromatic carbocycles. The monoisotopic (exact) mass is 220 g/mol. The minimum atomic E-state index is -1.26. The van der Waals surface area contributed by atoms with Crippen molar-refractivity contribution in [1.29, 1.82) is 0 Å². The minimum Gasteiger partial charge on any atom is -0.248 e. The highest BCUT2D eigenvalue weighted by Gasteiger charge is 2.29. The Balaban J connectivity index is 3.10. The largest absolute Gasteiger partial charge is 0.248 e. The van der Waals surface area contributed by atoms with Gasteiger partial charge in [-0.25, -0.2) is 4.21 Å². The van der Waals surface area contributed by atoms with Crippen molar-refractivity contribution in [3.05, 3.63) is 35.1 Å². The van der Waals surface area contributed by atoms with Crippen LogP contribution >= 0.6 is 18.9 Å². The van der Waals surface area contributed by atoms with Crippen LogP contribution in [-0.4, -0.2) is 16.7 Å². The maximum Gasteiger partial charge on any atom is 0.0758 e. The molecule has 0 bridgehead atoms. The minimum absolute atomic E-state index is 0.810. The lowest BCUT2D eigenvalue weighted by Gasteiger charge is -2.30. The quantitative estimate of drug-likeness (QED) is 0.680. The summed E-state index contributed by atoms with van der Waals surface area (Å²) in [6, 6.07) is 0. The van der Waals surface area contributed by atoms with E-state index >= 15 is 0 Å². The first-order chi connectivity index (χ1) is 5.67. The Labute approximate surface area is 80.6 Å². The van der Waals surface area contributed by atoms with E-state index in [0.29, 0.717) is 0 Å². The summed E-state index contributed by atoms with van der Waals surface area (Å²) in [5, 5.41) is 2.06. The normalized spacial score (nSPS) is 35.3. The molecule has 68 valence electrons. The average Bonchev–Trinajstić information content (AvgIpc) is 2.47. The second kappa shape index (κ2) is 3.85. The molecule has 1 heterocycles. The molecule has 0 spiro atoms. The molecule has 0 saturated heterocycles. The van der Waals surface area contributed by atoms with E-state index < -0.39 is 17.9 Å². The molecule has 0 amide bonds. The molecule has 1 aliphatic heterocycles. The number of hydrogen-bond donors (Lipinski definition) is 0. The number of rotatable bonds is 3. The van der Waals surface area contributed by atoms with Crippen molar-refractivity contribution in [1.82, 2.24) is 0 Å². The van der Waals surface area contributed by atoms with Crippen molar-refractivity contribution in [3.8, 4) is 0 Å². The van der Waals surface area contributed by atoms with E-state index in [1.165, 1.54) is 0 Å². The van der Waals surface area contributed by atoms with E-state index in [1.54, 1.807) is 17.0 Å². The van der Waals surface area contributed by atoms with E-state index in [-0.39, 0.29) is 0 Å². The molecular formula is C8H12OS3. The van der Waals surface area contributed by atoms with Crippen LogP contribution in [0.3, 0.4) is 0 Å². The first kappa shape index (κ1) is 10.2. The van der Waals surface area contributed by atoms with E-state index in [4.69, 9.17) is 0 Å². The molecule has 2 atom stereocenters. The highest BCUT2D eigenvalue weighted by molar-refractivity contribution is 9.23. The number of hydrogen-bond acceptors (Lipinski definition) is 2. The molecule has 1 aliphatic rings. The molecule has 0 saturated carbocycles. The maximum absolute atomic E-state index is 11.6. The van der Waals surface area contributed by atoms with Crippen LogP contribution in [0, 0.1) is 0 Å². The molecule has 0 aromatic heterocycles. The summed E-state index contributed by atoms with van der Waals surface area (Å²) in [4.78, 5) is 1.12. The molecular weight excluding hydrogens is 208 g/mol. The van der Waals surface area contributed by atoms with Gasteiger partial charge in [-0.05, 0) is 17.7 Å². The predicted molar refractivity (Wildman–Crippen MR) is 62.6 cm³/mol. The lowest BCUT2D eigenvalue weighted by Crippen LogP contribution is -1.97. The molecule has 4 heteroatoms. The lowest BCUT2D eigenvalue weighted by atomic mass is 10.5. The van der Waals surface area contributed by atoms with Gasteiger partial charge in [-0.2, -0.15) is 0 Å². The summed E-state index contributed by atoms with van der Waals surface area (Å²) in [6.45, 7) is 3.73. The van der Waals surface area contributed by atoms with E-state index in [0.717, 1.165) is 4.91 Å². The lowest BCUT2D eigenvalue weighted by molar-refractivity contribution is 0.694. The topological polar surface area (TPSA) is 17.1 Å². The first-order valence-corrected chi connectivity index (χ1v) is 8.92. The van der Waals surface area contributed by atoms with Gasteiger partial charge in [0.1, 0.15) is 0 Å². The molecule has 0 aromatic rings. The zero-order valence-corrected chi connectivity index (χ0v) is 9.60. The third-order valence-electron chi connectivity index (χ3n) is 1.64. The van der Waals surface area contributed by atoms with Crippen LogP contribution in [0.25, 0.3) is 0 Å². The standard InChI is InChI=1S/C8H12OS3/c1-4-8-6-5-7-12(8,10-2)11(3)9/h4-7H,1H2,2-3H3. The van der Waals surface area contributed by atoms with Crippen molar-refractivity contribution >= 4 is 28.7 Å². The van der Waals surface area contributed by atoms with Crippen molar-refractivity contribution in [2.24, 2.45) is 0 Å². The van der Waals surface area contributed by atoms with Gasteiger partial charge in [0.15, 0.2) is 0 Å². The van der Waals surface area contributed by atoms with Crippen LogP contribution in [0.1, 0.15) is 0 Å². The fourth-order valence-corrected chi connectivity index (χ4v) is 8.54. The van der Waals surface area contributed by atoms with E-state index in [9.17, 15) is 4.21 Å². The molecule has 0 fully saturated rings. The van der Waals surface area contributed by atoms with Gasteiger partial charge in [0.2, 0.25) is 0 Å². The van der Waals surface area contributed by atoms with Gasteiger partial charge in [0.05, 0.1) is 9.83 Å². The highest BCUT2D eigenvalue weighted by Crippen LogP contribution is 2.70. The van der Waals surface area contributed by atoms with Gasteiger partial charge in [0, 0.05) is 11.2 Å². The fourth-order valence-electron chi connectivity index (χ4n) is 1.06. The maximum atomic E-state index is 11.6. The summed E-state index contributed by atoms with van der Waals surface area (Å²) in [6.07, 6.45) is 9.56. The third-order valence-corrected chi connectivity index (χ3v) is 12.7. The van der Waals surface area contributed by atoms with Gasteiger partial charge in [-0.1, -0.05) is 37.6 Å². The van der Waals surface area contributed by atoms with Crippen molar-refractivity contribution in [2.45, 2.75) is 0 Å². The molecule has 1 rings (SSSR count). The molecule has 2 unspecified atom stereocenters. The van der Waals surface area contributed by atoms with Crippen LogP contribution < -0.4 is 0 Å². The van der Waals surface area contributed by atoms with Gasteiger partial charge >= 0.3 is 0 Å². The smallest absolute Gasteiger partial charge is 0.0758 e. The zero-order chi connectivity index (χ0) is 9.19. The number of allylic oxidation sites excluding steroid dienone is 3. The average molecular weight is 220 g/mol. The van der Waals surface area contributed by atoms with Crippen LogP contribution in [-0.2, 0) is 9.83 Å². The third kappa shape index (κ3) is 1.43.